The lowest BCUT2D eigenvalue weighted by atomic mass is 9.92. The van der Waals surface area contributed by atoms with Crippen molar-refractivity contribution in [3.63, 3.8) is 0 Å². The molecule has 10 nitrogen and oxygen atoms in total. The summed E-state index contributed by atoms with van der Waals surface area (Å²) in [6.45, 7) is 4.80. The summed E-state index contributed by atoms with van der Waals surface area (Å²) in [6, 6.07) is 3.49. The lowest BCUT2D eigenvalue weighted by Gasteiger charge is -2.34. The Morgan fingerprint density at radius 2 is 1.82 bits per heavy atom. The van der Waals surface area contributed by atoms with E-state index >= 15 is 0 Å². The number of carbonyl (C=O) groups is 4. The summed E-state index contributed by atoms with van der Waals surface area (Å²) in [7, 11) is 0. The molecule has 11 heteroatoms. The van der Waals surface area contributed by atoms with E-state index in [1.807, 2.05) is 0 Å². The van der Waals surface area contributed by atoms with Gasteiger partial charge in [-0.25, -0.2) is 9.59 Å². The largest absolute Gasteiger partial charge is 0.463 e. The van der Waals surface area contributed by atoms with E-state index in [0.29, 0.717) is 4.88 Å². The summed E-state index contributed by atoms with van der Waals surface area (Å²) in [6.07, 6.45) is 3.24. The van der Waals surface area contributed by atoms with Crippen molar-refractivity contribution in [2.75, 3.05) is 26.4 Å². The summed E-state index contributed by atoms with van der Waals surface area (Å²) in [5.41, 5.74) is -4.01. The Bertz CT molecular complexity index is 901. The van der Waals surface area contributed by atoms with Gasteiger partial charge in [-0.2, -0.15) is 0 Å². The van der Waals surface area contributed by atoms with E-state index in [2.05, 4.69) is 5.92 Å². The van der Waals surface area contributed by atoms with Crippen LogP contribution in [0.3, 0.4) is 0 Å². The average Bonchev–Trinajstić information content (AvgIpc) is 3.39. The van der Waals surface area contributed by atoms with Crippen molar-refractivity contribution in [3.8, 4) is 12.3 Å². The molecule has 1 aliphatic rings. The lowest BCUT2D eigenvalue weighted by molar-refractivity contribution is -0.200. The highest BCUT2D eigenvalue weighted by Gasteiger charge is 2.58. The molecule has 2 rings (SSSR count). The maximum absolute atomic E-state index is 13.1. The monoisotopic (exact) mass is 496 g/mol. The van der Waals surface area contributed by atoms with Crippen LogP contribution in [-0.4, -0.2) is 73.7 Å². The van der Waals surface area contributed by atoms with E-state index in [0.717, 1.165) is 6.92 Å². The van der Waals surface area contributed by atoms with Gasteiger partial charge < -0.3 is 28.4 Å². The topological polar surface area (TPSA) is 124 Å². The second kappa shape index (κ2) is 12.0. The molecule has 1 aromatic heterocycles. The van der Waals surface area contributed by atoms with Gasteiger partial charge in [0.2, 0.25) is 5.60 Å². The van der Waals surface area contributed by atoms with Crippen LogP contribution in [0.2, 0.25) is 0 Å². The van der Waals surface area contributed by atoms with E-state index in [1.165, 1.54) is 18.3 Å². The molecule has 0 saturated carbocycles. The van der Waals surface area contributed by atoms with Gasteiger partial charge in [0.25, 0.3) is 5.60 Å². The maximum Gasteiger partial charge on any atom is 0.350 e. The van der Waals surface area contributed by atoms with Crippen molar-refractivity contribution in [2.24, 2.45) is 0 Å². The molecule has 0 amide bonds. The zero-order chi connectivity index (χ0) is 25.4. The van der Waals surface area contributed by atoms with Crippen LogP contribution in [0.15, 0.2) is 17.5 Å². The molecule has 34 heavy (non-hydrogen) atoms. The second-order valence-corrected chi connectivity index (χ2v) is 8.32. The van der Waals surface area contributed by atoms with Crippen molar-refractivity contribution in [1.82, 2.24) is 0 Å². The standard InChI is InChI=1S/C23H28O10S/c1-6-22(33-16(5)25)18(30-13-19(22)32-15(4)24)14-31-23(20(26)28-7-2,21(27)29-8-3)12-17-10-9-11-34-17/h1,9-11,18-19H,7-8,12-14H2,2-5H3/t18-,19+,22-/m1/s1. The first-order valence-corrected chi connectivity index (χ1v) is 11.5. The smallest absolute Gasteiger partial charge is 0.350 e. The second-order valence-electron chi connectivity index (χ2n) is 7.29. The molecular weight excluding hydrogens is 468 g/mol. The van der Waals surface area contributed by atoms with Gasteiger partial charge in [0.05, 0.1) is 26.4 Å². The summed E-state index contributed by atoms with van der Waals surface area (Å²) < 4.78 is 32.5. The molecule has 0 bridgehead atoms. The van der Waals surface area contributed by atoms with Gasteiger partial charge in [-0.1, -0.05) is 12.0 Å². The van der Waals surface area contributed by atoms with Crippen molar-refractivity contribution in [1.29, 1.82) is 0 Å². The summed E-state index contributed by atoms with van der Waals surface area (Å²) in [5, 5.41) is 1.78. The summed E-state index contributed by atoms with van der Waals surface area (Å²) in [4.78, 5) is 50.2. The number of ether oxygens (including phenoxy) is 6. The predicted octanol–water partition coefficient (Wildman–Crippen LogP) is 1.44. The molecule has 0 aliphatic carbocycles. The Balaban J connectivity index is 2.44. The van der Waals surface area contributed by atoms with E-state index in [4.69, 9.17) is 34.8 Å². The molecular formula is C23H28O10S. The van der Waals surface area contributed by atoms with Crippen LogP contribution in [0.4, 0.5) is 0 Å². The highest BCUT2D eigenvalue weighted by Crippen LogP contribution is 2.35. The van der Waals surface area contributed by atoms with Crippen LogP contribution in [-0.2, 0) is 54.0 Å². The van der Waals surface area contributed by atoms with Crippen molar-refractivity contribution < 1.29 is 47.6 Å². The average molecular weight is 497 g/mol. The lowest BCUT2D eigenvalue weighted by Crippen LogP contribution is -2.57. The number of carbonyl (C=O) groups excluding carboxylic acids is 4. The molecule has 1 aromatic rings. The molecule has 0 aromatic carbocycles. The van der Waals surface area contributed by atoms with Gasteiger partial charge in [-0.3, -0.25) is 9.59 Å². The molecule has 1 aliphatic heterocycles. The Labute approximate surface area is 201 Å². The normalized spacial score (nSPS) is 21.9. The van der Waals surface area contributed by atoms with Gasteiger partial charge in [0, 0.05) is 25.1 Å². The van der Waals surface area contributed by atoms with Crippen LogP contribution in [0.5, 0.6) is 0 Å². The fraction of sp³-hybridized carbons (Fsp3) is 0.565. The number of esters is 4. The SMILES string of the molecule is C#C[C@]1(OC(C)=O)[C@@H](OC(C)=O)CO[C@@H]1COC(Cc1cccs1)(C(=O)OCC)C(=O)OCC. The highest BCUT2D eigenvalue weighted by atomic mass is 32.1. The molecule has 1 saturated heterocycles. The minimum atomic E-state index is -2.17. The molecule has 2 heterocycles. The minimum Gasteiger partial charge on any atom is -0.463 e. The molecule has 0 unspecified atom stereocenters. The number of thiophene rings is 1. The van der Waals surface area contributed by atoms with Gasteiger partial charge in [-0.15, -0.1) is 17.8 Å². The number of hydrogen-bond donors (Lipinski definition) is 0. The molecule has 1 fully saturated rings. The molecule has 3 atom stereocenters. The first kappa shape index (κ1) is 27.3. The van der Waals surface area contributed by atoms with Crippen molar-refractivity contribution >= 4 is 35.2 Å². The molecule has 0 spiro atoms. The number of hydrogen-bond acceptors (Lipinski definition) is 11. The van der Waals surface area contributed by atoms with E-state index < -0.39 is 53.9 Å². The number of terminal acetylenes is 1. The summed E-state index contributed by atoms with van der Waals surface area (Å²) in [5.74, 6) is -0.953. The first-order valence-electron chi connectivity index (χ1n) is 10.6. The van der Waals surface area contributed by atoms with Crippen LogP contribution < -0.4 is 0 Å². The molecule has 0 N–H and O–H groups in total. The fourth-order valence-corrected chi connectivity index (χ4v) is 4.28. The van der Waals surface area contributed by atoms with Gasteiger partial charge in [0.15, 0.2) is 6.10 Å². The fourth-order valence-electron chi connectivity index (χ4n) is 3.51. The zero-order valence-electron chi connectivity index (χ0n) is 19.5. The van der Waals surface area contributed by atoms with Crippen LogP contribution >= 0.6 is 11.3 Å². The van der Waals surface area contributed by atoms with Crippen molar-refractivity contribution in [2.45, 2.75) is 57.5 Å². The third-order valence-electron chi connectivity index (χ3n) is 4.95. The minimum absolute atomic E-state index is 0.00994. The quantitative estimate of drug-likeness (QED) is 0.192. The Morgan fingerprint density at radius 3 is 2.29 bits per heavy atom. The zero-order valence-corrected chi connectivity index (χ0v) is 20.3. The van der Waals surface area contributed by atoms with Crippen LogP contribution in [0.25, 0.3) is 0 Å². The van der Waals surface area contributed by atoms with Crippen molar-refractivity contribution in [3.05, 3.63) is 22.4 Å². The third kappa shape index (κ3) is 5.94. The van der Waals surface area contributed by atoms with Gasteiger partial charge in [0.1, 0.15) is 6.10 Å². The van der Waals surface area contributed by atoms with Crippen LogP contribution in [0.1, 0.15) is 32.6 Å². The van der Waals surface area contributed by atoms with E-state index in [-0.39, 0.29) is 26.2 Å². The maximum atomic E-state index is 13.1. The molecule has 0 radical (unpaired) electrons. The Kier molecular flexibility index (Phi) is 9.61. The Hall–Kier alpha value is -2.94. The van der Waals surface area contributed by atoms with Crippen LogP contribution in [0, 0.1) is 12.3 Å². The van der Waals surface area contributed by atoms with E-state index in [1.54, 1.807) is 31.4 Å². The van der Waals surface area contributed by atoms with Gasteiger partial charge in [-0.05, 0) is 25.3 Å². The third-order valence-corrected chi connectivity index (χ3v) is 5.82. The number of rotatable bonds is 11. The predicted molar refractivity (Wildman–Crippen MR) is 119 cm³/mol. The Morgan fingerprint density at radius 1 is 1.18 bits per heavy atom. The van der Waals surface area contributed by atoms with E-state index in [9.17, 15) is 19.2 Å². The highest BCUT2D eigenvalue weighted by molar-refractivity contribution is 7.09. The van der Waals surface area contributed by atoms with Gasteiger partial charge >= 0.3 is 23.9 Å². The first-order chi connectivity index (χ1) is 16.1. The summed E-state index contributed by atoms with van der Waals surface area (Å²) >= 11 is 1.31. The molecule has 186 valence electrons.